The molecule has 0 radical (unpaired) electrons. The first-order valence-corrected chi connectivity index (χ1v) is 4.80. The number of hydrogen-bond acceptors (Lipinski definition) is 2. The average molecular weight is 221 g/mol. The lowest BCUT2D eigenvalue weighted by Gasteiger charge is -2.21. The van der Waals surface area contributed by atoms with Crippen molar-refractivity contribution in [3.8, 4) is 0 Å². The zero-order valence-corrected chi connectivity index (χ0v) is 8.48. The Morgan fingerprint density at radius 1 is 1.73 bits per heavy atom. The van der Waals surface area contributed by atoms with Gasteiger partial charge in [-0.05, 0) is 12.8 Å². The van der Waals surface area contributed by atoms with Gasteiger partial charge in [-0.15, -0.1) is 0 Å². The predicted octanol–water partition coefficient (Wildman–Crippen LogP) is 2.11. The molecule has 1 aliphatic heterocycles. The fraction of sp³-hybridized carbons (Fsp3) is 0.875. The Bertz CT molecular complexity index is 169. The molecule has 0 aromatic heterocycles. The first-order valence-electron chi connectivity index (χ1n) is 4.01. The lowest BCUT2D eigenvalue weighted by Crippen LogP contribution is -2.32. The third kappa shape index (κ3) is 1.31. The maximum Gasteiger partial charge on any atom is 0.323 e. The molecule has 1 fully saturated rings. The number of hydrogen-bond donors (Lipinski definition) is 0. The molecule has 11 heavy (non-hydrogen) atoms. The van der Waals surface area contributed by atoms with Crippen molar-refractivity contribution in [2.45, 2.75) is 31.0 Å². The summed E-state index contributed by atoms with van der Waals surface area (Å²) in [7, 11) is 0. The number of esters is 1. The van der Waals surface area contributed by atoms with E-state index >= 15 is 0 Å². The maximum atomic E-state index is 11.2. The van der Waals surface area contributed by atoms with Crippen molar-refractivity contribution in [3.05, 3.63) is 0 Å². The molecule has 1 saturated heterocycles. The van der Waals surface area contributed by atoms with Crippen LogP contribution >= 0.6 is 15.9 Å². The second-order valence-electron chi connectivity index (χ2n) is 2.92. The van der Waals surface area contributed by atoms with Gasteiger partial charge in [0.25, 0.3) is 0 Å². The van der Waals surface area contributed by atoms with Crippen LogP contribution in [0.3, 0.4) is 0 Å². The molecule has 2 atom stereocenters. The highest BCUT2D eigenvalue weighted by Crippen LogP contribution is 2.39. The van der Waals surface area contributed by atoms with E-state index in [9.17, 15) is 4.79 Å². The second kappa shape index (κ2) is 3.13. The summed E-state index contributed by atoms with van der Waals surface area (Å²) in [6, 6.07) is 0. The molecule has 0 spiro atoms. The summed E-state index contributed by atoms with van der Waals surface area (Å²) in [5, 5.41) is 0. The van der Waals surface area contributed by atoms with E-state index in [4.69, 9.17) is 4.74 Å². The first-order chi connectivity index (χ1) is 5.15. The number of ether oxygens (including phenoxy) is 1. The van der Waals surface area contributed by atoms with Gasteiger partial charge in [0.1, 0.15) is 4.32 Å². The summed E-state index contributed by atoms with van der Waals surface area (Å²) >= 11 is 3.46. The minimum Gasteiger partial charge on any atom is -0.464 e. The second-order valence-corrected chi connectivity index (χ2v) is 4.33. The lowest BCUT2D eigenvalue weighted by atomic mass is 9.91. The Morgan fingerprint density at radius 3 is 2.73 bits per heavy atom. The third-order valence-electron chi connectivity index (χ3n) is 2.41. The van der Waals surface area contributed by atoms with Crippen LogP contribution in [0.4, 0.5) is 0 Å². The van der Waals surface area contributed by atoms with Crippen LogP contribution in [-0.4, -0.2) is 16.9 Å². The van der Waals surface area contributed by atoms with Gasteiger partial charge in [0, 0.05) is 5.92 Å². The summed E-state index contributed by atoms with van der Waals surface area (Å²) in [5.74, 6) is 0.256. The van der Waals surface area contributed by atoms with Crippen LogP contribution in [0.1, 0.15) is 26.7 Å². The van der Waals surface area contributed by atoms with Gasteiger partial charge in [0.2, 0.25) is 0 Å². The zero-order valence-electron chi connectivity index (χ0n) is 6.89. The molecule has 1 aliphatic rings. The molecule has 0 aromatic rings. The lowest BCUT2D eigenvalue weighted by molar-refractivity contribution is -0.139. The number of halogens is 1. The Balaban J connectivity index is 2.78. The van der Waals surface area contributed by atoms with Crippen LogP contribution in [0.2, 0.25) is 0 Å². The van der Waals surface area contributed by atoms with E-state index in [2.05, 4.69) is 22.9 Å². The average Bonchev–Trinajstić information content (AvgIpc) is 2.30. The minimum absolute atomic E-state index is 0.0909. The fourth-order valence-corrected chi connectivity index (χ4v) is 2.04. The van der Waals surface area contributed by atoms with Gasteiger partial charge >= 0.3 is 5.97 Å². The van der Waals surface area contributed by atoms with E-state index in [1.807, 2.05) is 6.92 Å². The third-order valence-corrected chi connectivity index (χ3v) is 3.94. The molecule has 1 heterocycles. The van der Waals surface area contributed by atoms with Crippen LogP contribution in [0.5, 0.6) is 0 Å². The van der Waals surface area contributed by atoms with Gasteiger partial charge in [-0.1, -0.05) is 29.8 Å². The van der Waals surface area contributed by atoms with Gasteiger partial charge in [-0.2, -0.15) is 0 Å². The van der Waals surface area contributed by atoms with Crippen molar-refractivity contribution in [2.75, 3.05) is 6.61 Å². The number of carbonyl (C=O) groups excluding carboxylic acids is 1. The molecule has 2 nitrogen and oxygen atoms in total. The van der Waals surface area contributed by atoms with Crippen molar-refractivity contribution >= 4 is 21.9 Å². The van der Waals surface area contributed by atoms with E-state index in [1.165, 1.54) is 0 Å². The Kier molecular flexibility index (Phi) is 2.58. The Morgan fingerprint density at radius 2 is 2.36 bits per heavy atom. The summed E-state index contributed by atoms with van der Waals surface area (Å²) in [6.45, 7) is 4.66. The molecule has 0 amide bonds. The topological polar surface area (TPSA) is 26.3 Å². The van der Waals surface area contributed by atoms with Crippen molar-refractivity contribution in [1.29, 1.82) is 0 Å². The monoisotopic (exact) mass is 220 g/mol. The SMILES string of the molecule is CCC1COC(=O)C1(Br)CC. The molecular formula is C8H13BrO2. The van der Waals surface area contributed by atoms with Crippen LogP contribution < -0.4 is 0 Å². The highest BCUT2D eigenvalue weighted by molar-refractivity contribution is 9.10. The number of cyclic esters (lactones) is 1. The summed E-state index contributed by atoms with van der Waals surface area (Å²) in [5.41, 5.74) is 0. The summed E-state index contributed by atoms with van der Waals surface area (Å²) < 4.78 is 4.59. The molecule has 3 heteroatoms. The van der Waals surface area contributed by atoms with Crippen molar-refractivity contribution in [1.82, 2.24) is 0 Å². The smallest absolute Gasteiger partial charge is 0.323 e. The Hall–Kier alpha value is -0.0500. The highest BCUT2D eigenvalue weighted by Gasteiger charge is 2.47. The molecule has 2 unspecified atom stereocenters. The van der Waals surface area contributed by atoms with Crippen molar-refractivity contribution < 1.29 is 9.53 Å². The van der Waals surface area contributed by atoms with Crippen LogP contribution in [-0.2, 0) is 9.53 Å². The van der Waals surface area contributed by atoms with Crippen LogP contribution in [0.25, 0.3) is 0 Å². The van der Waals surface area contributed by atoms with Crippen LogP contribution in [0.15, 0.2) is 0 Å². The van der Waals surface area contributed by atoms with E-state index in [0.717, 1.165) is 12.8 Å². The molecule has 0 saturated carbocycles. The fourth-order valence-electron chi connectivity index (χ4n) is 1.47. The standard InChI is InChI=1S/C8H13BrO2/c1-3-6-5-11-7(10)8(6,9)4-2/h6H,3-5H2,1-2H3. The van der Waals surface area contributed by atoms with Crippen molar-refractivity contribution in [2.24, 2.45) is 5.92 Å². The van der Waals surface area contributed by atoms with Crippen LogP contribution in [0, 0.1) is 5.92 Å². The number of rotatable bonds is 2. The molecule has 0 bridgehead atoms. The number of carbonyl (C=O) groups is 1. The quantitative estimate of drug-likeness (QED) is 0.527. The maximum absolute atomic E-state index is 11.2. The Labute approximate surface area is 75.4 Å². The van der Waals surface area contributed by atoms with Gasteiger partial charge in [-0.25, -0.2) is 0 Å². The van der Waals surface area contributed by atoms with Gasteiger partial charge in [-0.3, -0.25) is 4.79 Å². The normalized spacial score (nSPS) is 37.4. The van der Waals surface area contributed by atoms with Gasteiger partial charge in [0.15, 0.2) is 0 Å². The molecule has 1 rings (SSSR count). The van der Waals surface area contributed by atoms with Gasteiger partial charge < -0.3 is 4.74 Å². The summed E-state index contributed by atoms with van der Waals surface area (Å²) in [4.78, 5) is 11.2. The van der Waals surface area contributed by atoms with Crippen molar-refractivity contribution in [3.63, 3.8) is 0 Å². The number of alkyl halides is 1. The minimum atomic E-state index is -0.387. The summed E-state index contributed by atoms with van der Waals surface area (Å²) in [6.07, 6.45) is 1.80. The van der Waals surface area contributed by atoms with E-state index in [1.54, 1.807) is 0 Å². The van der Waals surface area contributed by atoms with Gasteiger partial charge in [0.05, 0.1) is 6.61 Å². The van der Waals surface area contributed by atoms with E-state index in [0.29, 0.717) is 12.5 Å². The first kappa shape index (κ1) is 9.04. The molecule has 0 aliphatic carbocycles. The highest BCUT2D eigenvalue weighted by atomic mass is 79.9. The zero-order chi connectivity index (χ0) is 8.48. The molecule has 0 aromatic carbocycles. The molecule has 64 valence electrons. The predicted molar refractivity (Wildman–Crippen MR) is 46.7 cm³/mol. The molecular weight excluding hydrogens is 208 g/mol. The van der Waals surface area contributed by atoms with E-state index < -0.39 is 0 Å². The van der Waals surface area contributed by atoms with E-state index in [-0.39, 0.29) is 10.3 Å². The molecule has 0 N–H and O–H groups in total. The largest absolute Gasteiger partial charge is 0.464 e.